The van der Waals surface area contributed by atoms with E-state index in [-0.39, 0.29) is 18.1 Å². The van der Waals surface area contributed by atoms with Crippen LogP contribution in [0.3, 0.4) is 0 Å². The second-order valence-electron chi connectivity index (χ2n) is 4.68. The molecule has 5 nitrogen and oxygen atoms in total. The fourth-order valence-corrected chi connectivity index (χ4v) is 2.21. The van der Waals surface area contributed by atoms with Crippen molar-refractivity contribution in [2.45, 2.75) is 20.3 Å². The molecule has 0 aliphatic carbocycles. The zero-order valence-electron chi connectivity index (χ0n) is 11.7. The smallest absolute Gasteiger partial charge is 0.336 e. The first-order chi connectivity index (χ1) is 9.56. The van der Waals surface area contributed by atoms with Gasteiger partial charge >= 0.3 is 5.63 Å². The molecule has 0 saturated heterocycles. The lowest BCUT2D eigenvalue weighted by Crippen LogP contribution is -2.36. The molecule has 0 spiro atoms. The lowest BCUT2D eigenvalue weighted by Gasteiger charge is -2.21. The Kier molecular flexibility index (Phi) is 4.20. The molecule has 0 aliphatic rings. The average Bonchev–Trinajstić information content (AvgIpc) is 2.43. The van der Waals surface area contributed by atoms with Crippen LogP contribution in [0, 0.1) is 6.92 Å². The molecule has 20 heavy (non-hydrogen) atoms. The van der Waals surface area contributed by atoms with Gasteiger partial charge in [0.05, 0.1) is 6.54 Å². The maximum atomic E-state index is 11.9. The van der Waals surface area contributed by atoms with Gasteiger partial charge in [-0.25, -0.2) is 4.79 Å². The van der Waals surface area contributed by atoms with Gasteiger partial charge < -0.3 is 15.1 Å². The molecule has 0 radical (unpaired) electrons. The van der Waals surface area contributed by atoms with Crippen LogP contribution in [0.4, 0.5) is 5.69 Å². The minimum absolute atomic E-state index is 0.0458. The second-order valence-corrected chi connectivity index (χ2v) is 4.68. The Hall–Kier alpha value is -2.14. The molecule has 2 rings (SSSR count). The van der Waals surface area contributed by atoms with Gasteiger partial charge in [-0.15, -0.1) is 0 Å². The van der Waals surface area contributed by atoms with E-state index in [9.17, 15) is 9.59 Å². The summed E-state index contributed by atoms with van der Waals surface area (Å²) in [5.41, 5.74) is 7.09. The number of rotatable bonds is 4. The van der Waals surface area contributed by atoms with E-state index in [1.54, 1.807) is 11.0 Å². The SMILES string of the molecule is CCCN(C(=O)CN)c1ccc2c(C)cc(=O)oc2c1. The summed E-state index contributed by atoms with van der Waals surface area (Å²) in [5.74, 6) is -0.152. The highest BCUT2D eigenvalue weighted by atomic mass is 16.4. The van der Waals surface area contributed by atoms with Gasteiger partial charge in [0.25, 0.3) is 0 Å². The Labute approximate surface area is 117 Å². The van der Waals surface area contributed by atoms with Gasteiger partial charge in [-0.1, -0.05) is 6.92 Å². The summed E-state index contributed by atoms with van der Waals surface area (Å²) >= 11 is 0. The second kappa shape index (κ2) is 5.88. The summed E-state index contributed by atoms with van der Waals surface area (Å²) in [6.07, 6.45) is 0.821. The highest BCUT2D eigenvalue weighted by Gasteiger charge is 2.14. The predicted molar refractivity (Wildman–Crippen MR) is 78.9 cm³/mol. The predicted octanol–water partition coefficient (Wildman–Crippen LogP) is 1.80. The van der Waals surface area contributed by atoms with Crippen LogP contribution in [0.25, 0.3) is 11.0 Å². The first-order valence-corrected chi connectivity index (χ1v) is 6.61. The van der Waals surface area contributed by atoms with Crippen molar-refractivity contribution in [3.8, 4) is 0 Å². The largest absolute Gasteiger partial charge is 0.423 e. The first-order valence-electron chi connectivity index (χ1n) is 6.61. The maximum absolute atomic E-state index is 11.9. The fourth-order valence-electron chi connectivity index (χ4n) is 2.21. The normalized spacial score (nSPS) is 10.8. The van der Waals surface area contributed by atoms with Crippen molar-refractivity contribution >= 4 is 22.6 Å². The molecule has 0 atom stereocenters. The van der Waals surface area contributed by atoms with E-state index in [1.807, 2.05) is 26.0 Å². The molecule has 0 saturated carbocycles. The van der Waals surface area contributed by atoms with Gasteiger partial charge in [-0.05, 0) is 31.0 Å². The molecular formula is C15H18N2O3. The minimum Gasteiger partial charge on any atom is -0.423 e. The molecule has 2 N–H and O–H groups in total. The van der Waals surface area contributed by atoms with Crippen LogP contribution in [-0.4, -0.2) is 19.0 Å². The van der Waals surface area contributed by atoms with Crippen LogP contribution >= 0.6 is 0 Å². The highest BCUT2D eigenvalue weighted by Crippen LogP contribution is 2.23. The van der Waals surface area contributed by atoms with Crippen LogP contribution in [-0.2, 0) is 4.79 Å². The monoisotopic (exact) mass is 274 g/mol. The van der Waals surface area contributed by atoms with E-state index in [0.717, 1.165) is 17.4 Å². The third-order valence-corrected chi connectivity index (χ3v) is 3.17. The lowest BCUT2D eigenvalue weighted by molar-refractivity contribution is -0.117. The Morgan fingerprint density at radius 2 is 2.10 bits per heavy atom. The molecule has 0 bridgehead atoms. The molecule has 1 heterocycles. The summed E-state index contributed by atoms with van der Waals surface area (Å²) in [7, 11) is 0. The third-order valence-electron chi connectivity index (χ3n) is 3.17. The van der Waals surface area contributed by atoms with Gasteiger partial charge in [0.15, 0.2) is 0 Å². The number of hydrogen-bond donors (Lipinski definition) is 1. The summed E-state index contributed by atoms with van der Waals surface area (Å²) in [4.78, 5) is 24.9. The van der Waals surface area contributed by atoms with Gasteiger partial charge in [-0.2, -0.15) is 0 Å². The topological polar surface area (TPSA) is 76.5 Å². The number of aryl methyl sites for hydroxylation is 1. The average molecular weight is 274 g/mol. The van der Waals surface area contributed by atoms with E-state index in [4.69, 9.17) is 10.2 Å². The highest BCUT2D eigenvalue weighted by molar-refractivity contribution is 5.96. The molecular weight excluding hydrogens is 256 g/mol. The van der Waals surface area contributed by atoms with Gasteiger partial charge in [0.2, 0.25) is 5.91 Å². The summed E-state index contributed by atoms with van der Waals surface area (Å²) in [5, 5.41) is 0.866. The molecule has 0 unspecified atom stereocenters. The Balaban J connectivity index is 2.54. The zero-order chi connectivity index (χ0) is 14.7. The molecule has 0 fully saturated rings. The molecule has 106 valence electrons. The Morgan fingerprint density at radius 3 is 2.75 bits per heavy atom. The van der Waals surface area contributed by atoms with Gasteiger partial charge in [0.1, 0.15) is 5.58 Å². The maximum Gasteiger partial charge on any atom is 0.336 e. The Bertz CT molecular complexity index is 691. The zero-order valence-corrected chi connectivity index (χ0v) is 11.7. The van der Waals surface area contributed by atoms with E-state index in [1.165, 1.54) is 6.07 Å². The molecule has 2 aromatic rings. The number of fused-ring (bicyclic) bond motifs is 1. The van der Waals surface area contributed by atoms with Crippen LogP contribution < -0.4 is 16.3 Å². The lowest BCUT2D eigenvalue weighted by atomic mass is 10.1. The van der Waals surface area contributed by atoms with Gasteiger partial charge in [-0.3, -0.25) is 4.79 Å². The number of nitrogens with two attached hydrogens (primary N) is 1. The van der Waals surface area contributed by atoms with E-state index < -0.39 is 0 Å². The number of hydrogen-bond acceptors (Lipinski definition) is 4. The molecule has 1 amide bonds. The number of benzene rings is 1. The van der Waals surface area contributed by atoms with Crippen LogP contribution in [0.2, 0.25) is 0 Å². The van der Waals surface area contributed by atoms with E-state index in [0.29, 0.717) is 17.8 Å². The fraction of sp³-hybridized carbons (Fsp3) is 0.333. The number of carbonyl (C=O) groups is 1. The van der Waals surface area contributed by atoms with Crippen molar-refractivity contribution in [1.29, 1.82) is 0 Å². The number of anilines is 1. The molecule has 5 heteroatoms. The van der Waals surface area contributed by atoms with Crippen LogP contribution in [0.1, 0.15) is 18.9 Å². The third kappa shape index (κ3) is 2.72. The quantitative estimate of drug-likeness (QED) is 0.862. The Morgan fingerprint density at radius 1 is 1.35 bits per heavy atom. The van der Waals surface area contributed by atoms with Crippen molar-refractivity contribution in [2.75, 3.05) is 18.0 Å². The minimum atomic E-state index is -0.389. The van der Waals surface area contributed by atoms with Crippen molar-refractivity contribution in [1.82, 2.24) is 0 Å². The number of amides is 1. The van der Waals surface area contributed by atoms with Crippen LogP contribution in [0.5, 0.6) is 0 Å². The van der Waals surface area contributed by atoms with Crippen LogP contribution in [0.15, 0.2) is 33.5 Å². The van der Waals surface area contributed by atoms with Crippen molar-refractivity contribution in [2.24, 2.45) is 5.73 Å². The number of carbonyl (C=O) groups excluding carboxylic acids is 1. The summed E-state index contributed by atoms with van der Waals surface area (Å²) in [6.45, 7) is 4.38. The summed E-state index contributed by atoms with van der Waals surface area (Å²) < 4.78 is 5.20. The van der Waals surface area contributed by atoms with E-state index >= 15 is 0 Å². The van der Waals surface area contributed by atoms with E-state index in [2.05, 4.69) is 0 Å². The number of nitrogens with zero attached hydrogens (tertiary/aromatic N) is 1. The molecule has 0 aliphatic heterocycles. The van der Waals surface area contributed by atoms with Crippen molar-refractivity contribution < 1.29 is 9.21 Å². The molecule has 1 aromatic heterocycles. The molecule has 1 aromatic carbocycles. The standard InChI is InChI=1S/C15H18N2O3/c1-3-6-17(14(18)9-16)11-4-5-12-10(2)7-15(19)20-13(12)8-11/h4-5,7-8H,3,6,9,16H2,1-2H3. The first kappa shape index (κ1) is 14.3. The van der Waals surface area contributed by atoms with Crippen molar-refractivity contribution in [3.63, 3.8) is 0 Å². The van der Waals surface area contributed by atoms with Crippen molar-refractivity contribution in [3.05, 3.63) is 40.2 Å². The van der Waals surface area contributed by atoms with Gasteiger partial charge in [0, 0.05) is 29.8 Å². The summed E-state index contributed by atoms with van der Waals surface area (Å²) in [6, 6.07) is 6.87.